The van der Waals surface area contributed by atoms with E-state index in [1.807, 2.05) is 0 Å². The maximum Gasteiger partial charge on any atom is 0.318 e. The number of nitrogens with one attached hydrogen (secondary N) is 3. The SMILES string of the molecule is N=C(/C(C(N)=O)=C1/CN(C(=O)NC2(c3ccc(F)cc3)CC(F)(F)C2)CCN1)c1ccc(F)c(Cl)c1. The first-order chi connectivity index (χ1) is 16.9. The number of alkyl halides is 2. The molecule has 1 aliphatic carbocycles. The van der Waals surface area contributed by atoms with Crippen LogP contribution >= 0.6 is 11.6 Å². The predicted octanol–water partition coefficient (Wildman–Crippen LogP) is 3.66. The molecule has 1 heterocycles. The maximum absolute atomic E-state index is 13.9. The Morgan fingerprint density at radius 3 is 2.36 bits per heavy atom. The van der Waals surface area contributed by atoms with Crippen LogP contribution in [-0.4, -0.2) is 48.1 Å². The van der Waals surface area contributed by atoms with E-state index in [0.717, 1.165) is 18.2 Å². The van der Waals surface area contributed by atoms with Crippen molar-refractivity contribution in [2.75, 3.05) is 19.6 Å². The van der Waals surface area contributed by atoms with Crippen LogP contribution in [0, 0.1) is 17.0 Å². The van der Waals surface area contributed by atoms with Crippen LogP contribution in [0.3, 0.4) is 0 Å². The van der Waals surface area contributed by atoms with Crippen molar-refractivity contribution in [3.63, 3.8) is 0 Å². The molecule has 12 heteroatoms. The number of primary amides is 1. The fourth-order valence-corrected chi connectivity index (χ4v) is 4.66. The first-order valence-corrected chi connectivity index (χ1v) is 11.3. The summed E-state index contributed by atoms with van der Waals surface area (Å²) in [6.07, 6.45) is -1.29. The highest BCUT2D eigenvalue weighted by atomic mass is 35.5. The van der Waals surface area contributed by atoms with Gasteiger partial charge in [-0.05, 0) is 35.9 Å². The topological polar surface area (TPSA) is 111 Å². The van der Waals surface area contributed by atoms with Gasteiger partial charge in [-0.15, -0.1) is 0 Å². The summed E-state index contributed by atoms with van der Waals surface area (Å²) in [4.78, 5) is 26.7. The minimum Gasteiger partial charge on any atom is -0.384 e. The summed E-state index contributed by atoms with van der Waals surface area (Å²) in [5, 5.41) is 13.8. The number of benzene rings is 2. The predicted molar refractivity (Wildman–Crippen MR) is 125 cm³/mol. The van der Waals surface area contributed by atoms with Gasteiger partial charge in [0.1, 0.15) is 11.6 Å². The minimum atomic E-state index is -2.99. The van der Waals surface area contributed by atoms with Gasteiger partial charge in [-0.2, -0.15) is 0 Å². The van der Waals surface area contributed by atoms with Crippen LogP contribution in [0.1, 0.15) is 24.0 Å². The molecule has 0 spiro atoms. The van der Waals surface area contributed by atoms with Gasteiger partial charge in [0, 0.05) is 37.2 Å². The number of halogens is 5. The molecule has 0 aromatic heterocycles. The Balaban J connectivity index is 1.58. The average molecular weight is 524 g/mol. The number of hydrogen-bond donors (Lipinski definition) is 4. The third-order valence-corrected chi connectivity index (χ3v) is 6.52. The molecule has 2 aromatic carbocycles. The van der Waals surface area contributed by atoms with Crippen LogP contribution in [0.5, 0.6) is 0 Å². The second-order valence-electron chi connectivity index (χ2n) is 8.80. The Hall–Kier alpha value is -3.60. The van der Waals surface area contributed by atoms with Gasteiger partial charge >= 0.3 is 6.03 Å². The molecule has 0 radical (unpaired) electrons. The molecule has 2 aromatic rings. The lowest BCUT2D eigenvalue weighted by Gasteiger charge is -2.49. The average Bonchev–Trinajstić information content (AvgIpc) is 2.80. The summed E-state index contributed by atoms with van der Waals surface area (Å²) >= 11 is 5.80. The summed E-state index contributed by atoms with van der Waals surface area (Å²) < 4.78 is 54.7. The third-order valence-electron chi connectivity index (χ3n) is 6.23. The Bertz CT molecular complexity index is 1260. The highest BCUT2D eigenvalue weighted by Crippen LogP contribution is 2.51. The van der Waals surface area contributed by atoms with Crippen molar-refractivity contribution >= 4 is 29.3 Å². The highest BCUT2D eigenvalue weighted by Gasteiger charge is 2.58. The second-order valence-corrected chi connectivity index (χ2v) is 9.21. The largest absolute Gasteiger partial charge is 0.384 e. The number of amides is 3. The Kier molecular flexibility index (Phi) is 6.70. The first-order valence-electron chi connectivity index (χ1n) is 10.9. The molecule has 1 aliphatic heterocycles. The van der Waals surface area contributed by atoms with Crippen LogP contribution in [-0.2, 0) is 10.3 Å². The number of carbonyl (C=O) groups excluding carboxylic acids is 2. The van der Waals surface area contributed by atoms with Crippen LogP contribution in [0.2, 0.25) is 5.02 Å². The summed E-state index contributed by atoms with van der Waals surface area (Å²) in [7, 11) is 0. The van der Waals surface area contributed by atoms with Gasteiger partial charge in [-0.1, -0.05) is 23.7 Å². The van der Waals surface area contributed by atoms with Gasteiger partial charge < -0.3 is 21.3 Å². The van der Waals surface area contributed by atoms with Gasteiger partial charge in [-0.25, -0.2) is 22.4 Å². The van der Waals surface area contributed by atoms with Crippen molar-refractivity contribution in [1.82, 2.24) is 15.5 Å². The summed E-state index contributed by atoms with van der Waals surface area (Å²) in [6, 6.07) is 7.81. The normalized spacial score (nSPS) is 19.5. The molecule has 1 saturated carbocycles. The van der Waals surface area contributed by atoms with Gasteiger partial charge in [0.05, 0.1) is 28.4 Å². The van der Waals surface area contributed by atoms with Crippen molar-refractivity contribution in [2.45, 2.75) is 24.3 Å². The lowest BCUT2D eigenvalue weighted by molar-refractivity contribution is -0.134. The number of hydrogen-bond acceptors (Lipinski definition) is 4. The molecule has 0 atom stereocenters. The fraction of sp³-hybridized carbons (Fsp3) is 0.292. The molecule has 0 bridgehead atoms. The molecule has 0 unspecified atom stereocenters. The van der Waals surface area contributed by atoms with E-state index in [0.29, 0.717) is 5.56 Å². The van der Waals surface area contributed by atoms with Gasteiger partial charge in [-0.3, -0.25) is 10.2 Å². The van der Waals surface area contributed by atoms with Crippen molar-refractivity contribution in [2.24, 2.45) is 5.73 Å². The smallest absolute Gasteiger partial charge is 0.318 e. The minimum absolute atomic E-state index is 0.137. The molecule has 7 nitrogen and oxygen atoms in total. The van der Waals surface area contributed by atoms with E-state index < -0.39 is 47.9 Å². The standard InChI is InChI=1S/C24H22ClF4N5O2/c25-16-9-13(1-6-17(16)27)20(30)19(21(31)35)18-10-34(8-7-32-18)22(36)33-23(11-24(28,29)12-23)14-2-4-15(26)5-3-14/h1-6,9,30,32H,7-8,10-12H2,(H2,31,35)(H,33,36)/b19-18+,30-20?. The zero-order valence-electron chi connectivity index (χ0n) is 18.8. The van der Waals surface area contributed by atoms with Crippen LogP contribution in [0.4, 0.5) is 22.4 Å². The first kappa shape index (κ1) is 25.5. The van der Waals surface area contributed by atoms with Crippen molar-refractivity contribution < 1.29 is 27.2 Å². The van der Waals surface area contributed by atoms with Crippen LogP contribution in [0.15, 0.2) is 53.7 Å². The molecule has 2 fully saturated rings. The highest BCUT2D eigenvalue weighted by molar-refractivity contribution is 6.32. The van der Waals surface area contributed by atoms with Gasteiger partial charge in [0.25, 0.3) is 11.8 Å². The molecule has 4 rings (SSSR count). The Morgan fingerprint density at radius 1 is 1.11 bits per heavy atom. The summed E-state index contributed by atoms with van der Waals surface area (Å²) in [5.74, 6) is -5.17. The Labute approximate surface area is 208 Å². The van der Waals surface area contributed by atoms with E-state index >= 15 is 0 Å². The molecule has 5 N–H and O–H groups in total. The van der Waals surface area contributed by atoms with E-state index in [1.165, 1.54) is 29.2 Å². The number of nitrogens with two attached hydrogens (primary N) is 1. The van der Waals surface area contributed by atoms with Gasteiger partial charge in [0.2, 0.25) is 0 Å². The second kappa shape index (κ2) is 9.45. The lowest BCUT2D eigenvalue weighted by atomic mass is 9.69. The summed E-state index contributed by atoms with van der Waals surface area (Å²) in [6.45, 7) is 0.195. The number of carbonyl (C=O) groups is 2. The van der Waals surface area contributed by atoms with E-state index in [4.69, 9.17) is 22.7 Å². The quantitative estimate of drug-likeness (QED) is 0.273. The molecule has 3 amide bonds. The van der Waals surface area contributed by atoms with E-state index in [1.54, 1.807) is 0 Å². The van der Waals surface area contributed by atoms with E-state index in [2.05, 4.69) is 10.6 Å². The monoisotopic (exact) mass is 523 g/mol. The molecule has 190 valence electrons. The molecular formula is C24H22ClF4N5O2. The Morgan fingerprint density at radius 2 is 1.78 bits per heavy atom. The number of piperazine rings is 1. The van der Waals surface area contributed by atoms with E-state index in [9.17, 15) is 27.2 Å². The number of rotatable bonds is 5. The number of urea groups is 1. The van der Waals surface area contributed by atoms with Crippen molar-refractivity contribution in [3.05, 3.63) is 81.5 Å². The lowest BCUT2D eigenvalue weighted by Crippen LogP contribution is -2.63. The zero-order chi connectivity index (χ0) is 26.3. The summed E-state index contributed by atoms with van der Waals surface area (Å²) in [5.41, 5.74) is 4.26. The van der Waals surface area contributed by atoms with Crippen LogP contribution in [0.25, 0.3) is 0 Å². The third kappa shape index (κ3) is 5.01. The molecule has 1 saturated heterocycles. The van der Waals surface area contributed by atoms with Crippen LogP contribution < -0.4 is 16.4 Å². The molecule has 36 heavy (non-hydrogen) atoms. The molecule has 2 aliphatic rings. The maximum atomic E-state index is 13.9. The van der Waals surface area contributed by atoms with Gasteiger partial charge in [0.15, 0.2) is 0 Å². The molecular weight excluding hydrogens is 502 g/mol. The zero-order valence-corrected chi connectivity index (χ0v) is 19.6. The fourth-order valence-electron chi connectivity index (χ4n) is 4.48. The van der Waals surface area contributed by atoms with Crippen molar-refractivity contribution in [1.29, 1.82) is 5.41 Å². The van der Waals surface area contributed by atoms with Crippen molar-refractivity contribution in [3.8, 4) is 0 Å². The van der Waals surface area contributed by atoms with E-state index in [-0.39, 0.29) is 47.2 Å². The number of nitrogens with zero attached hydrogens (tertiary/aromatic N) is 1.